The van der Waals surface area contributed by atoms with E-state index in [1.54, 1.807) is 12.0 Å². The Labute approximate surface area is 168 Å². The Balaban J connectivity index is 1.55. The molecule has 0 spiro atoms. The Hall–Kier alpha value is -2.57. The van der Waals surface area contributed by atoms with E-state index in [2.05, 4.69) is 28.8 Å². The Kier molecular flexibility index (Phi) is 5.50. The molecule has 146 valence electrons. The van der Waals surface area contributed by atoms with E-state index in [0.29, 0.717) is 10.6 Å². The highest BCUT2D eigenvalue weighted by atomic mass is 32.2. The van der Waals surface area contributed by atoms with Gasteiger partial charge >= 0.3 is 0 Å². The normalized spacial score (nSPS) is 16.1. The van der Waals surface area contributed by atoms with Crippen LogP contribution in [0.4, 0.5) is 11.4 Å². The molecule has 0 radical (unpaired) electrons. The molecule has 5 nitrogen and oxygen atoms in total. The van der Waals surface area contributed by atoms with E-state index in [9.17, 15) is 4.21 Å². The van der Waals surface area contributed by atoms with Crippen molar-refractivity contribution in [3.8, 4) is 5.75 Å². The number of ether oxygens (including phenoxy) is 1. The van der Waals surface area contributed by atoms with E-state index in [-0.39, 0.29) is 0 Å². The summed E-state index contributed by atoms with van der Waals surface area (Å²) >= 11 is 0. The van der Waals surface area contributed by atoms with Gasteiger partial charge in [-0.2, -0.15) is 0 Å². The first-order valence-corrected chi connectivity index (χ1v) is 10.7. The molecule has 3 aromatic carbocycles. The summed E-state index contributed by atoms with van der Waals surface area (Å²) in [6.07, 6.45) is 0. The molecule has 2 N–H and O–H groups in total. The molecule has 1 fully saturated rings. The van der Waals surface area contributed by atoms with Crippen LogP contribution in [0.15, 0.2) is 65.6 Å². The maximum Gasteiger partial charge on any atom is 0.154 e. The van der Waals surface area contributed by atoms with E-state index in [1.165, 1.54) is 5.69 Å². The first-order valence-electron chi connectivity index (χ1n) is 9.56. The van der Waals surface area contributed by atoms with Gasteiger partial charge in [-0.3, -0.25) is 0 Å². The van der Waals surface area contributed by atoms with E-state index in [1.807, 2.05) is 48.5 Å². The third-order valence-electron chi connectivity index (χ3n) is 5.31. The highest BCUT2D eigenvalue weighted by Crippen LogP contribution is 2.31. The number of piperazine rings is 1. The van der Waals surface area contributed by atoms with E-state index in [0.717, 1.165) is 42.6 Å². The molecule has 4 rings (SSSR count). The van der Waals surface area contributed by atoms with Crippen molar-refractivity contribution in [2.45, 2.75) is 4.90 Å². The zero-order valence-electron chi connectivity index (χ0n) is 16.3. The number of nitrogens with zero attached hydrogens (tertiary/aromatic N) is 1. The van der Waals surface area contributed by atoms with Crippen molar-refractivity contribution in [1.82, 2.24) is 0 Å². The summed E-state index contributed by atoms with van der Waals surface area (Å²) in [7, 11) is 2.42. The lowest BCUT2D eigenvalue weighted by Crippen LogP contribution is -3.12. The van der Waals surface area contributed by atoms with Crippen molar-refractivity contribution in [2.24, 2.45) is 0 Å². The minimum Gasteiger partial charge on any atom is -0.495 e. The molecule has 0 saturated carbocycles. The monoisotopic (exact) mass is 396 g/mol. The maximum absolute atomic E-state index is 13.1. The molecule has 0 aliphatic carbocycles. The van der Waals surface area contributed by atoms with Crippen molar-refractivity contribution in [1.29, 1.82) is 0 Å². The number of fused-ring (bicyclic) bond motifs is 1. The Bertz CT molecular complexity index is 983. The summed E-state index contributed by atoms with van der Waals surface area (Å²) in [6, 6.07) is 20.0. The molecule has 3 aromatic rings. The molecule has 0 unspecified atom stereocenters. The third kappa shape index (κ3) is 3.84. The molecular formula is C22H26N3O2S+. The lowest BCUT2D eigenvalue weighted by atomic mass is 10.1. The third-order valence-corrected chi connectivity index (χ3v) is 6.52. The van der Waals surface area contributed by atoms with Gasteiger partial charge in [-0.1, -0.05) is 30.3 Å². The van der Waals surface area contributed by atoms with E-state index in [4.69, 9.17) is 4.74 Å². The number of hydrogen-bond donors (Lipinski definition) is 2. The molecule has 0 amide bonds. The van der Waals surface area contributed by atoms with Crippen LogP contribution in [0.2, 0.25) is 0 Å². The van der Waals surface area contributed by atoms with Crippen LogP contribution in [0.1, 0.15) is 0 Å². The summed E-state index contributed by atoms with van der Waals surface area (Å²) in [6.45, 7) is 4.45. The van der Waals surface area contributed by atoms with Crippen LogP contribution in [0.5, 0.6) is 5.75 Å². The summed E-state index contributed by atoms with van der Waals surface area (Å²) in [4.78, 5) is 4.65. The minimum atomic E-state index is -1.43. The van der Waals surface area contributed by atoms with Gasteiger partial charge in [0.2, 0.25) is 0 Å². The number of benzene rings is 3. The predicted molar refractivity (Wildman–Crippen MR) is 116 cm³/mol. The second-order valence-corrected chi connectivity index (χ2v) is 8.33. The molecular weight excluding hydrogens is 370 g/mol. The average molecular weight is 397 g/mol. The van der Waals surface area contributed by atoms with Crippen LogP contribution in [-0.2, 0) is 11.0 Å². The van der Waals surface area contributed by atoms with Crippen molar-refractivity contribution in [3.05, 3.63) is 60.7 Å². The second kappa shape index (κ2) is 8.20. The van der Waals surface area contributed by atoms with Gasteiger partial charge in [0, 0.05) is 16.8 Å². The van der Waals surface area contributed by atoms with Crippen LogP contribution in [0.25, 0.3) is 10.8 Å². The fourth-order valence-electron chi connectivity index (χ4n) is 3.62. The number of nitrogens with one attached hydrogen (secondary N) is 2. The molecule has 1 aliphatic rings. The number of rotatable bonds is 5. The second-order valence-electron chi connectivity index (χ2n) is 7.18. The molecule has 1 aliphatic heterocycles. The van der Waals surface area contributed by atoms with Gasteiger partial charge in [-0.15, -0.1) is 0 Å². The predicted octanol–water partition coefficient (Wildman–Crippen LogP) is 2.32. The van der Waals surface area contributed by atoms with Gasteiger partial charge in [-0.05, 0) is 35.7 Å². The average Bonchev–Trinajstić information content (AvgIpc) is 2.74. The molecule has 0 aromatic heterocycles. The molecule has 1 heterocycles. The smallest absolute Gasteiger partial charge is 0.154 e. The highest BCUT2D eigenvalue weighted by Gasteiger charge is 2.18. The molecule has 28 heavy (non-hydrogen) atoms. The molecule has 1 atom stereocenters. The van der Waals surface area contributed by atoms with Crippen molar-refractivity contribution >= 4 is 33.1 Å². The molecule has 1 saturated heterocycles. The highest BCUT2D eigenvalue weighted by molar-refractivity contribution is 7.86. The number of likely N-dealkylation sites (N-methyl/N-ethyl adjacent to an activating group) is 1. The van der Waals surface area contributed by atoms with Gasteiger partial charge < -0.3 is 19.3 Å². The fourth-order valence-corrected chi connectivity index (χ4v) is 4.79. The van der Waals surface area contributed by atoms with Crippen molar-refractivity contribution in [3.63, 3.8) is 0 Å². The van der Waals surface area contributed by atoms with Crippen molar-refractivity contribution < 1.29 is 13.8 Å². The topological polar surface area (TPSA) is 46.0 Å². The van der Waals surface area contributed by atoms with Gasteiger partial charge in [0.05, 0.1) is 40.3 Å². The SMILES string of the molecule is COc1ccc2ccccc2c1[S@@](=O)Nc1ccc(N2CC[NH+](C)CC2)cc1. The van der Waals surface area contributed by atoms with Crippen LogP contribution >= 0.6 is 0 Å². The van der Waals surface area contributed by atoms with Gasteiger partial charge in [-0.25, -0.2) is 4.21 Å². The lowest BCUT2D eigenvalue weighted by Gasteiger charge is -2.31. The molecule has 6 heteroatoms. The summed E-state index contributed by atoms with van der Waals surface area (Å²) in [5.74, 6) is 0.626. The standard InChI is InChI=1S/C22H25N3O2S/c1-24-13-15-25(16-14-24)19-10-8-18(9-11-19)23-28(26)22-20-6-4-3-5-17(20)7-12-21(22)27-2/h3-12,23H,13-16H2,1-2H3/p+1/t28-/m1/s1. The largest absolute Gasteiger partial charge is 0.495 e. The number of methoxy groups -OCH3 is 1. The summed E-state index contributed by atoms with van der Waals surface area (Å²) < 4.78 is 21.7. The van der Waals surface area contributed by atoms with Crippen LogP contribution in [0.3, 0.4) is 0 Å². The van der Waals surface area contributed by atoms with Crippen molar-refractivity contribution in [2.75, 3.05) is 50.0 Å². The number of quaternary nitrogens is 1. The Morgan fingerprint density at radius 2 is 1.71 bits per heavy atom. The lowest BCUT2D eigenvalue weighted by molar-refractivity contribution is -0.880. The Morgan fingerprint density at radius 3 is 2.43 bits per heavy atom. The van der Waals surface area contributed by atoms with E-state index < -0.39 is 11.0 Å². The zero-order chi connectivity index (χ0) is 19.5. The Morgan fingerprint density at radius 1 is 1.00 bits per heavy atom. The van der Waals surface area contributed by atoms with Crippen LogP contribution in [-0.4, -0.2) is 44.5 Å². The van der Waals surface area contributed by atoms with Gasteiger partial charge in [0.25, 0.3) is 0 Å². The van der Waals surface area contributed by atoms with Crippen LogP contribution in [0, 0.1) is 0 Å². The first kappa shape index (κ1) is 18.8. The maximum atomic E-state index is 13.1. The fraction of sp³-hybridized carbons (Fsp3) is 0.273. The summed E-state index contributed by atoms with van der Waals surface area (Å²) in [5.41, 5.74) is 2.04. The van der Waals surface area contributed by atoms with Gasteiger partial charge in [0.15, 0.2) is 11.0 Å². The number of hydrogen-bond acceptors (Lipinski definition) is 3. The van der Waals surface area contributed by atoms with E-state index >= 15 is 0 Å². The molecule has 0 bridgehead atoms. The zero-order valence-corrected chi connectivity index (χ0v) is 17.1. The minimum absolute atomic E-state index is 0.626. The van der Waals surface area contributed by atoms with Crippen LogP contribution < -0.4 is 19.3 Å². The first-order chi connectivity index (χ1) is 13.7. The van der Waals surface area contributed by atoms with Gasteiger partial charge in [0.1, 0.15) is 10.6 Å². The number of anilines is 2. The summed E-state index contributed by atoms with van der Waals surface area (Å²) in [5, 5.41) is 1.98. The quantitative estimate of drug-likeness (QED) is 0.696.